The first-order valence-electron chi connectivity index (χ1n) is 9.77. The zero-order valence-electron chi connectivity index (χ0n) is 16.7. The zero-order valence-corrected chi connectivity index (χ0v) is 18.3. The molecule has 0 spiro atoms. The third kappa shape index (κ3) is 3.21. The quantitative estimate of drug-likeness (QED) is 0.495. The number of fused-ring (bicyclic) bond motifs is 3. The number of hydrogen-bond acceptors (Lipinski definition) is 5. The molecule has 3 aromatic rings. The van der Waals surface area contributed by atoms with Crippen molar-refractivity contribution >= 4 is 21.6 Å². The highest BCUT2D eigenvalue weighted by atomic mass is 79.9. The molecule has 3 aromatic carbocycles. The molecule has 0 N–H and O–H groups in total. The molecule has 5 nitrogen and oxygen atoms in total. The van der Waals surface area contributed by atoms with Gasteiger partial charge in [-0.2, -0.15) is 5.10 Å². The molecule has 0 unspecified atom stereocenters. The molecule has 0 fully saturated rings. The Kier molecular flexibility index (Phi) is 4.87. The lowest BCUT2D eigenvalue weighted by atomic mass is 9.96. The first kappa shape index (κ1) is 19.0. The predicted octanol–water partition coefficient (Wildman–Crippen LogP) is 5.71. The van der Waals surface area contributed by atoms with Crippen LogP contribution in [0.3, 0.4) is 0 Å². The van der Waals surface area contributed by atoms with Crippen LogP contribution >= 0.6 is 15.9 Å². The number of methoxy groups -OCH3 is 2. The molecular formula is C24H21BrN2O3. The summed E-state index contributed by atoms with van der Waals surface area (Å²) >= 11 is 3.58. The fourth-order valence-corrected chi connectivity index (χ4v) is 4.47. The molecule has 2 atom stereocenters. The largest absolute Gasteiger partial charge is 0.497 e. The molecule has 0 aliphatic carbocycles. The van der Waals surface area contributed by atoms with Crippen molar-refractivity contribution in [2.75, 3.05) is 14.2 Å². The van der Waals surface area contributed by atoms with Gasteiger partial charge in [0.1, 0.15) is 17.2 Å². The maximum absolute atomic E-state index is 6.45. The second-order valence-corrected chi connectivity index (χ2v) is 8.19. The van der Waals surface area contributed by atoms with Gasteiger partial charge in [-0.05, 0) is 54.1 Å². The highest BCUT2D eigenvalue weighted by Crippen LogP contribution is 2.49. The van der Waals surface area contributed by atoms with Gasteiger partial charge in [0.15, 0.2) is 0 Å². The normalized spacial score (nSPS) is 19.4. The van der Waals surface area contributed by atoms with Crippen LogP contribution in [0.25, 0.3) is 0 Å². The van der Waals surface area contributed by atoms with Gasteiger partial charge in [-0.15, -0.1) is 0 Å². The van der Waals surface area contributed by atoms with Crippen LogP contribution in [0.5, 0.6) is 17.2 Å². The summed E-state index contributed by atoms with van der Waals surface area (Å²) < 4.78 is 18.3. The molecule has 152 valence electrons. The van der Waals surface area contributed by atoms with Crippen LogP contribution in [-0.2, 0) is 0 Å². The number of para-hydroxylation sites is 1. The van der Waals surface area contributed by atoms with Gasteiger partial charge in [0.05, 0.1) is 31.5 Å². The molecular weight excluding hydrogens is 444 g/mol. The van der Waals surface area contributed by atoms with E-state index in [1.54, 1.807) is 14.2 Å². The maximum atomic E-state index is 6.45. The average Bonchev–Trinajstić information content (AvgIpc) is 3.24. The van der Waals surface area contributed by atoms with Crippen LogP contribution in [0.2, 0.25) is 0 Å². The van der Waals surface area contributed by atoms with Crippen molar-refractivity contribution in [2.24, 2.45) is 5.10 Å². The van der Waals surface area contributed by atoms with Crippen molar-refractivity contribution in [3.8, 4) is 17.2 Å². The summed E-state index contributed by atoms with van der Waals surface area (Å²) in [5.74, 6) is 2.49. The van der Waals surface area contributed by atoms with Gasteiger partial charge in [-0.3, -0.25) is 0 Å². The van der Waals surface area contributed by atoms with E-state index in [1.807, 2.05) is 48.5 Å². The standard InChI is InChI=1S/C24H21BrN2O3/c1-28-17-10-7-15(8-11-17)20-14-21-18-5-3-4-6-23(18)30-24(27(21)26-20)19-13-16(25)9-12-22(19)29-2/h3-13,21,24H,14H2,1-2H3/t21-,24-/m1/s1. The van der Waals surface area contributed by atoms with Crippen LogP contribution < -0.4 is 14.2 Å². The number of hydrogen-bond donors (Lipinski definition) is 0. The minimum atomic E-state index is -0.381. The van der Waals surface area contributed by atoms with Gasteiger partial charge in [0.2, 0.25) is 6.23 Å². The number of ether oxygens (including phenoxy) is 3. The molecule has 0 amide bonds. The molecule has 5 rings (SSSR count). The van der Waals surface area contributed by atoms with Crippen molar-refractivity contribution in [2.45, 2.75) is 18.7 Å². The Morgan fingerprint density at radius 2 is 1.77 bits per heavy atom. The van der Waals surface area contributed by atoms with E-state index < -0.39 is 0 Å². The van der Waals surface area contributed by atoms with E-state index in [2.05, 4.69) is 39.1 Å². The van der Waals surface area contributed by atoms with E-state index in [-0.39, 0.29) is 12.3 Å². The van der Waals surface area contributed by atoms with Gasteiger partial charge in [-0.25, -0.2) is 5.01 Å². The van der Waals surface area contributed by atoms with Crippen LogP contribution in [0.4, 0.5) is 0 Å². The van der Waals surface area contributed by atoms with Crippen LogP contribution in [0.15, 0.2) is 76.3 Å². The van der Waals surface area contributed by atoms with Crippen LogP contribution in [0, 0.1) is 0 Å². The van der Waals surface area contributed by atoms with E-state index in [4.69, 9.17) is 19.3 Å². The highest BCUT2D eigenvalue weighted by molar-refractivity contribution is 9.10. The van der Waals surface area contributed by atoms with Gasteiger partial charge in [0, 0.05) is 16.5 Å². The fourth-order valence-electron chi connectivity index (χ4n) is 4.10. The number of rotatable bonds is 4. The lowest BCUT2D eigenvalue weighted by Gasteiger charge is -2.38. The Balaban J connectivity index is 1.60. The summed E-state index contributed by atoms with van der Waals surface area (Å²) in [4.78, 5) is 0. The van der Waals surface area contributed by atoms with Crippen molar-refractivity contribution in [3.05, 3.63) is 87.9 Å². The first-order valence-corrected chi connectivity index (χ1v) is 10.6. The number of nitrogens with zero attached hydrogens (tertiary/aromatic N) is 2. The molecule has 0 saturated carbocycles. The predicted molar refractivity (Wildman–Crippen MR) is 119 cm³/mol. The molecule has 30 heavy (non-hydrogen) atoms. The summed E-state index contributed by atoms with van der Waals surface area (Å²) in [6, 6.07) is 22.3. The van der Waals surface area contributed by atoms with Crippen molar-refractivity contribution in [3.63, 3.8) is 0 Å². The van der Waals surface area contributed by atoms with E-state index >= 15 is 0 Å². The average molecular weight is 465 g/mol. The lowest BCUT2D eigenvalue weighted by Crippen LogP contribution is -2.33. The van der Waals surface area contributed by atoms with Crippen molar-refractivity contribution in [1.82, 2.24) is 5.01 Å². The van der Waals surface area contributed by atoms with E-state index in [9.17, 15) is 0 Å². The smallest absolute Gasteiger partial charge is 0.217 e. The minimum absolute atomic E-state index is 0.0979. The van der Waals surface area contributed by atoms with Gasteiger partial charge < -0.3 is 14.2 Å². The van der Waals surface area contributed by atoms with Gasteiger partial charge in [-0.1, -0.05) is 34.1 Å². The molecule has 0 aromatic heterocycles. The Labute approximate surface area is 184 Å². The summed E-state index contributed by atoms with van der Waals surface area (Å²) in [6.45, 7) is 0. The second kappa shape index (κ2) is 7.69. The molecule has 6 heteroatoms. The zero-order chi connectivity index (χ0) is 20.7. The third-order valence-corrected chi connectivity index (χ3v) is 6.07. The lowest BCUT2D eigenvalue weighted by molar-refractivity contribution is -0.0203. The summed E-state index contributed by atoms with van der Waals surface area (Å²) in [5, 5.41) is 7.07. The third-order valence-electron chi connectivity index (χ3n) is 5.58. The summed E-state index contributed by atoms with van der Waals surface area (Å²) in [6.07, 6.45) is 0.424. The van der Waals surface area contributed by atoms with E-state index in [0.29, 0.717) is 0 Å². The van der Waals surface area contributed by atoms with Gasteiger partial charge >= 0.3 is 0 Å². The summed E-state index contributed by atoms with van der Waals surface area (Å²) in [7, 11) is 3.35. The molecule has 0 saturated heterocycles. The number of hydrazone groups is 1. The maximum Gasteiger partial charge on any atom is 0.217 e. The monoisotopic (exact) mass is 464 g/mol. The first-order chi connectivity index (χ1) is 14.7. The van der Waals surface area contributed by atoms with E-state index in [1.165, 1.54) is 0 Å². The Morgan fingerprint density at radius 3 is 2.53 bits per heavy atom. The van der Waals surface area contributed by atoms with Crippen molar-refractivity contribution < 1.29 is 14.2 Å². The summed E-state index contributed by atoms with van der Waals surface area (Å²) in [5.41, 5.74) is 4.20. The fraction of sp³-hybridized carbons (Fsp3) is 0.208. The van der Waals surface area contributed by atoms with Gasteiger partial charge in [0.25, 0.3) is 0 Å². The van der Waals surface area contributed by atoms with Crippen LogP contribution in [0.1, 0.15) is 35.4 Å². The van der Waals surface area contributed by atoms with E-state index in [0.717, 1.165) is 50.5 Å². The van der Waals surface area contributed by atoms with Crippen LogP contribution in [-0.4, -0.2) is 24.9 Å². The Hall–Kier alpha value is -2.99. The highest BCUT2D eigenvalue weighted by Gasteiger charge is 2.41. The molecule has 0 radical (unpaired) electrons. The number of halogens is 1. The number of benzene rings is 3. The molecule has 2 aliphatic heterocycles. The Bertz CT molecular complexity index is 1110. The topological polar surface area (TPSA) is 43.3 Å². The molecule has 0 bridgehead atoms. The molecule has 2 aliphatic rings. The molecule has 2 heterocycles. The minimum Gasteiger partial charge on any atom is -0.497 e. The van der Waals surface area contributed by atoms with Crippen molar-refractivity contribution in [1.29, 1.82) is 0 Å². The Morgan fingerprint density at radius 1 is 0.967 bits per heavy atom. The SMILES string of the molecule is COc1ccc(C2=NN3[C@H](C2)c2ccccc2O[C@@H]3c2cc(Br)ccc2OC)cc1. The second-order valence-electron chi connectivity index (χ2n) is 7.27.